The van der Waals surface area contributed by atoms with Crippen LogP contribution in [0.15, 0.2) is 60.9 Å². The Morgan fingerprint density at radius 2 is 1.83 bits per heavy atom. The molecule has 30 heavy (non-hydrogen) atoms. The molecule has 1 aliphatic rings. The number of nitrogens with zero attached hydrogens (tertiary/aromatic N) is 3. The molecular formula is C24H29N3O3. The van der Waals surface area contributed by atoms with Crippen LogP contribution in [-0.2, 0) is 17.8 Å². The van der Waals surface area contributed by atoms with Crippen LogP contribution in [0.1, 0.15) is 24.0 Å². The summed E-state index contributed by atoms with van der Waals surface area (Å²) in [5, 5.41) is 4.55. The lowest BCUT2D eigenvalue weighted by Crippen LogP contribution is -2.31. The first-order valence-corrected chi connectivity index (χ1v) is 10.4. The maximum atomic E-state index is 5.91. The Labute approximate surface area is 178 Å². The molecule has 1 saturated heterocycles. The molecule has 1 atom stereocenters. The van der Waals surface area contributed by atoms with Gasteiger partial charge in [-0.3, -0.25) is 4.90 Å². The van der Waals surface area contributed by atoms with Gasteiger partial charge in [-0.1, -0.05) is 24.3 Å². The molecular weight excluding hydrogens is 378 g/mol. The fourth-order valence-electron chi connectivity index (χ4n) is 3.92. The quantitative estimate of drug-likeness (QED) is 0.535. The van der Waals surface area contributed by atoms with Crippen molar-refractivity contribution in [3.63, 3.8) is 0 Å². The van der Waals surface area contributed by atoms with Crippen molar-refractivity contribution in [1.29, 1.82) is 0 Å². The molecule has 1 fully saturated rings. The Bertz CT molecular complexity index is 936. The summed E-state index contributed by atoms with van der Waals surface area (Å²) in [5.74, 6) is 1.50. The lowest BCUT2D eigenvalue weighted by molar-refractivity contribution is 0.0679. The van der Waals surface area contributed by atoms with E-state index in [9.17, 15) is 0 Å². The topological polar surface area (TPSA) is 48.8 Å². The standard InChI is InChI=1S/C24H29N3O3/c1-28-23-11-10-19(13-24(23)29-2)15-26(18-22-9-6-12-30-22)16-20-14-25-27(17-20)21-7-4-3-5-8-21/h3-5,7-8,10-11,13-14,17,22H,6,9,12,15-16,18H2,1-2H3/t22-/m1/s1. The van der Waals surface area contributed by atoms with E-state index in [2.05, 4.69) is 40.5 Å². The number of ether oxygens (including phenoxy) is 3. The highest BCUT2D eigenvalue weighted by Gasteiger charge is 2.20. The van der Waals surface area contributed by atoms with E-state index < -0.39 is 0 Å². The van der Waals surface area contributed by atoms with Gasteiger partial charge >= 0.3 is 0 Å². The summed E-state index contributed by atoms with van der Waals surface area (Å²) in [6.45, 7) is 3.36. The molecule has 0 bridgehead atoms. The second kappa shape index (κ2) is 9.78. The minimum Gasteiger partial charge on any atom is -0.493 e. The molecule has 158 valence electrons. The Balaban J connectivity index is 1.51. The highest BCUT2D eigenvalue weighted by Crippen LogP contribution is 2.28. The molecule has 6 nitrogen and oxygen atoms in total. The van der Waals surface area contributed by atoms with Gasteiger partial charge in [0.05, 0.1) is 32.2 Å². The maximum Gasteiger partial charge on any atom is 0.161 e. The minimum atomic E-state index is 0.286. The van der Waals surface area contributed by atoms with Crippen molar-refractivity contribution in [3.05, 3.63) is 72.1 Å². The van der Waals surface area contributed by atoms with Crippen LogP contribution in [0.2, 0.25) is 0 Å². The van der Waals surface area contributed by atoms with Gasteiger partial charge in [0.25, 0.3) is 0 Å². The van der Waals surface area contributed by atoms with Gasteiger partial charge in [0.2, 0.25) is 0 Å². The van der Waals surface area contributed by atoms with E-state index in [0.29, 0.717) is 0 Å². The van der Waals surface area contributed by atoms with Gasteiger partial charge in [0.15, 0.2) is 11.5 Å². The highest BCUT2D eigenvalue weighted by molar-refractivity contribution is 5.42. The van der Waals surface area contributed by atoms with E-state index >= 15 is 0 Å². The van der Waals surface area contributed by atoms with Crippen LogP contribution in [0.25, 0.3) is 5.69 Å². The van der Waals surface area contributed by atoms with Gasteiger partial charge in [-0.2, -0.15) is 5.10 Å². The number of rotatable bonds is 9. The van der Waals surface area contributed by atoms with Crippen LogP contribution in [0.4, 0.5) is 0 Å². The molecule has 1 aliphatic heterocycles. The smallest absolute Gasteiger partial charge is 0.161 e. The molecule has 0 aliphatic carbocycles. The van der Waals surface area contributed by atoms with Crippen LogP contribution in [0, 0.1) is 0 Å². The molecule has 0 unspecified atom stereocenters. The average molecular weight is 408 g/mol. The molecule has 1 aromatic heterocycles. The van der Waals surface area contributed by atoms with Crippen LogP contribution >= 0.6 is 0 Å². The van der Waals surface area contributed by atoms with Gasteiger partial charge in [-0.15, -0.1) is 0 Å². The second-order valence-corrected chi connectivity index (χ2v) is 7.62. The van der Waals surface area contributed by atoms with Crippen molar-refractivity contribution in [1.82, 2.24) is 14.7 Å². The van der Waals surface area contributed by atoms with Crippen molar-refractivity contribution in [2.45, 2.75) is 32.0 Å². The lowest BCUT2D eigenvalue weighted by Gasteiger charge is -2.25. The van der Waals surface area contributed by atoms with Crippen LogP contribution in [0.3, 0.4) is 0 Å². The third-order valence-electron chi connectivity index (χ3n) is 5.40. The maximum absolute atomic E-state index is 5.91. The van der Waals surface area contributed by atoms with Crippen molar-refractivity contribution in [3.8, 4) is 17.2 Å². The molecule has 0 N–H and O–H groups in total. The summed E-state index contributed by atoms with van der Waals surface area (Å²) in [4.78, 5) is 2.42. The Kier molecular flexibility index (Phi) is 6.67. The largest absolute Gasteiger partial charge is 0.493 e. The number of hydrogen-bond acceptors (Lipinski definition) is 5. The molecule has 2 aromatic carbocycles. The summed E-state index contributed by atoms with van der Waals surface area (Å²) in [5.41, 5.74) is 3.42. The first kappa shape index (κ1) is 20.4. The monoisotopic (exact) mass is 407 g/mol. The van der Waals surface area contributed by atoms with Crippen molar-refractivity contribution in [2.24, 2.45) is 0 Å². The van der Waals surface area contributed by atoms with Crippen molar-refractivity contribution in [2.75, 3.05) is 27.4 Å². The zero-order valence-corrected chi connectivity index (χ0v) is 17.7. The molecule has 0 amide bonds. The molecule has 0 radical (unpaired) electrons. The van der Waals surface area contributed by atoms with Crippen LogP contribution in [0.5, 0.6) is 11.5 Å². The molecule has 3 aromatic rings. The van der Waals surface area contributed by atoms with E-state index in [1.165, 1.54) is 11.1 Å². The third kappa shape index (κ3) is 5.01. The summed E-state index contributed by atoms with van der Waals surface area (Å²) in [7, 11) is 3.33. The van der Waals surface area contributed by atoms with Gasteiger partial charge < -0.3 is 14.2 Å². The van der Waals surface area contributed by atoms with Crippen LogP contribution < -0.4 is 9.47 Å². The average Bonchev–Trinajstić information content (AvgIpc) is 3.46. The van der Waals surface area contributed by atoms with E-state index in [1.54, 1.807) is 14.2 Å². The third-order valence-corrected chi connectivity index (χ3v) is 5.40. The Hall–Kier alpha value is -2.83. The number of methoxy groups -OCH3 is 2. The molecule has 4 rings (SSSR count). The predicted molar refractivity (Wildman–Crippen MR) is 116 cm³/mol. The Morgan fingerprint density at radius 1 is 1.03 bits per heavy atom. The fraction of sp³-hybridized carbons (Fsp3) is 0.375. The number of aromatic nitrogens is 2. The minimum absolute atomic E-state index is 0.286. The van der Waals surface area contributed by atoms with Crippen molar-refractivity contribution >= 4 is 0 Å². The first-order chi connectivity index (χ1) is 14.7. The van der Waals surface area contributed by atoms with Gasteiger partial charge in [0.1, 0.15) is 0 Å². The molecule has 0 saturated carbocycles. The summed E-state index contributed by atoms with van der Waals surface area (Å²) in [6, 6.07) is 16.3. The molecule has 2 heterocycles. The van der Waals surface area contributed by atoms with E-state index in [1.807, 2.05) is 35.1 Å². The summed E-state index contributed by atoms with van der Waals surface area (Å²) < 4.78 is 18.7. The molecule has 6 heteroatoms. The van der Waals surface area contributed by atoms with Gasteiger partial charge in [-0.05, 0) is 42.7 Å². The molecule has 0 spiro atoms. The zero-order chi connectivity index (χ0) is 20.8. The highest BCUT2D eigenvalue weighted by atomic mass is 16.5. The zero-order valence-electron chi connectivity index (χ0n) is 17.7. The number of para-hydroxylation sites is 1. The predicted octanol–water partition coefficient (Wildman–Crippen LogP) is 4.07. The fourth-order valence-corrected chi connectivity index (χ4v) is 3.92. The van der Waals surface area contributed by atoms with Crippen LogP contribution in [-0.4, -0.2) is 48.2 Å². The second-order valence-electron chi connectivity index (χ2n) is 7.62. The lowest BCUT2D eigenvalue weighted by atomic mass is 10.1. The summed E-state index contributed by atoms with van der Waals surface area (Å²) in [6.07, 6.45) is 6.60. The normalized spacial score (nSPS) is 16.2. The Morgan fingerprint density at radius 3 is 2.57 bits per heavy atom. The van der Waals surface area contributed by atoms with E-state index in [4.69, 9.17) is 14.2 Å². The van der Waals surface area contributed by atoms with E-state index in [0.717, 1.165) is 56.3 Å². The van der Waals surface area contributed by atoms with E-state index in [-0.39, 0.29) is 6.10 Å². The number of benzene rings is 2. The van der Waals surface area contributed by atoms with Crippen molar-refractivity contribution < 1.29 is 14.2 Å². The SMILES string of the molecule is COc1ccc(CN(Cc2cnn(-c3ccccc3)c2)C[C@H]2CCCO2)cc1OC. The summed E-state index contributed by atoms with van der Waals surface area (Å²) >= 11 is 0. The van der Waals surface area contributed by atoms with Gasteiger partial charge in [0, 0.05) is 38.0 Å². The number of hydrogen-bond donors (Lipinski definition) is 0. The first-order valence-electron chi connectivity index (χ1n) is 10.4. The van der Waals surface area contributed by atoms with Gasteiger partial charge in [-0.25, -0.2) is 4.68 Å².